The molecule has 320 valence electrons. The van der Waals surface area contributed by atoms with Crippen LogP contribution in [0, 0.1) is 11.6 Å². The van der Waals surface area contributed by atoms with Gasteiger partial charge in [0.1, 0.15) is 29.3 Å². The van der Waals surface area contributed by atoms with Gasteiger partial charge in [-0.3, -0.25) is 19.3 Å². The Labute approximate surface area is 360 Å². The fraction of sp³-hybridized carbons (Fsp3) is 0.327. The SMILES string of the molecule is CCN(CC)[C@@H](C(=O)N1CCC[C@H]1c1ncc(-c2ccc(-c3ccc(-c4cnc([C@@H]5CCCN5C(=O)[C@H](CC(=O)OC)c5ccccc5)[nH]4)c(F)c3)cc2F)[nH]1)c1ccccc1. The van der Waals surface area contributed by atoms with Crippen LogP contribution < -0.4 is 0 Å². The predicted octanol–water partition coefficient (Wildman–Crippen LogP) is 9.17. The molecule has 2 aliphatic heterocycles. The molecule has 2 saturated heterocycles. The van der Waals surface area contributed by atoms with Crippen LogP contribution >= 0.6 is 0 Å². The first kappa shape index (κ1) is 42.2. The summed E-state index contributed by atoms with van der Waals surface area (Å²) < 4.78 is 36.7. The van der Waals surface area contributed by atoms with Gasteiger partial charge in [0.25, 0.3) is 0 Å². The van der Waals surface area contributed by atoms with Gasteiger partial charge in [-0.05, 0) is 85.3 Å². The van der Waals surface area contributed by atoms with E-state index in [0.29, 0.717) is 59.2 Å². The van der Waals surface area contributed by atoms with Crippen molar-refractivity contribution in [1.82, 2.24) is 34.6 Å². The number of carbonyl (C=O) groups excluding carboxylic acids is 3. The minimum absolute atomic E-state index is 0.0281. The van der Waals surface area contributed by atoms with E-state index in [-0.39, 0.29) is 35.9 Å². The maximum Gasteiger partial charge on any atom is 0.306 e. The quantitative estimate of drug-likeness (QED) is 0.105. The van der Waals surface area contributed by atoms with E-state index in [1.165, 1.54) is 19.2 Å². The topological polar surface area (TPSA) is 128 Å². The van der Waals surface area contributed by atoms with Crippen molar-refractivity contribution < 1.29 is 27.9 Å². The standard InChI is InChI=1S/C49H51F2N7O4/c1-4-56(5-2)45(32-16-10-7-11-17-32)49(61)58-25-13-19-43(58)47-53-30-41(55-47)36-23-21-34(27-39(36)51)33-20-22-35(38(50)26-33)40-29-52-46(54-40)42-18-12-24-57(42)48(60)37(28-44(59)62-3)31-14-8-6-9-15-31/h6-11,14-17,20-23,26-27,29-30,37,42-43,45H,4-5,12-13,18-19,24-25,28H2,1-3H3,(H,52,54)(H,53,55)/t37-,42+,43+,45-/m1/s1. The van der Waals surface area contributed by atoms with Crippen LogP contribution in [0.25, 0.3) is 33.6 Å². The number of imidazole rings is 2. The minimum Gasteiger partial charge on any atom is -0.469 e. The summed E-state index contributed by atoms with van der Waals surface area (Å²) >= 11 is 0. The van der Waals surface area contributed by atoms with Crippen molar-refractivity contribution in [1.29, 1.82) is 0 Å². The number of halogens is 2. The van der Waals surface area contributed by atoms with Crippen LogP contribution in [-0.2, 0) is 19.1 Å². The van der Waals surface area contributed by atoms with Gasteiger partial charge in [0.2, 0.25) is 11.8 Å². The lowest BCUT2D eigenvalue weighted by molar-refractivity contribution is -0.145. The molecule has 2 aliphatic rings. The van der Waals surface area contributed by atoms with E-state index < -0.39 is 29.6 Å². The number of aromatic nitrogens is 4. The molecule has 0 unspecified atom stereocenters. The van der Waals surface area contributed by atoms with E-state index in [1.54, 1.807) is 41.6 Å². The molecule has 0 aliphatic carbocycles. The Kier molecular flexibility index (Phi) is 12.7. The summed E-state index contributed by atoms with van der Waals surface area (Å²) in [6.45, 7) is 6.68. The first-order valence-electron chi connectivity index (χ1n) is 21.4. The maximum atomic E-state index is 15.9. The molecule has 62 heavy (non-hydrogen) atoms. The molecule has 0 saturated carbocycles. The van der Waals surface area contributed by atoms with Gasteiger partial charge in [-0.15, -0.1) is 0 Å². The predicted molar refractivity (Wildman–Crippen MR) is 232 cm³/mol. The summed E-state index contributed by atoms with van der Waals surface area (Å²) in [5, 5.41) is 0. The van der Waals surface area contributed by atoms with Crippen LogP contribution in [0.15, 0.2) is 109 Å². The molecule has 2 aromatic heterocycles. The number of nitrogens with one attached hydrogen (secondary N) is 2. The molecule has 13 heteroatoms. The van der Waals surface area contributed by atoms with Gasteiger partial charge in [-0.2, -0.15) is 0 Å². The number of hydrogen-bond acceptors (Lipinski definition) is 7. The van der Waals surface area contributed by atoms with Gasteiger partial charge in [-0.1, -0.05) is 86.6 Å². The van der Waals surface area contributed by atoms with Crippen LogP contribution in [0.2, 0.25) is 0 Å². The molecule has 0 bridgehead atoms. The molecule has 2 amide bonds. The molecular weight excluding hydrogens is 789 g/mol. The van der Waals surface area contributed by atoms with Gasteiger partial charge in [0, 0.05) is 24.2 Å². The number of nitrogens with zero attached hydrogens (tertiary/aromatic N) is 5. The minimum atomic E-state index is -0.712. The fourth-order valence-electron chi connectivity index (χ4n) is 9.12. The fourth-order valence-corrected chi connectivity index (χ4v) is 9.12. The smallest absolute Gasteiger partial charge is 0.306 e. The molecule has 6 aromatic rings. The maximum absolute atomic E-state index is 15.9. The van der Waals surface area contributed by atoms with Crippen LogP contribution in [0.4, 0.5) is 8.78 Å². The number of hydrogen-bond donors (Lipinski definition) is 2. The lowest BCUT2D eigenvalue weighted by Gasteiger charge is -2.34. The zero-order chi connectivity index (χ0) is 43.3. The summed E-state index contributed by atoms with van der Waals surface area (Å²) in [4.78, 5) is 62.1. The van der Waals surface area contributed by atoms with Crippen molar-refractivity contribution in [2.75, 3.05) is 33.3 Å². The second-order valence-electron chi connectivity index (χ2n) is 15.9. The van der Waals surface area contributed by atoms with E-state index in [1.807, 2.05) is 65.6 Å². The molecule has 2 fully saturated rings. The number of benzene rings is 4. The summed E-state index contributed by atoms with van der Waals surface area (Å²) in [7, 11) is 1.31. The third-order valence-electron chi connectivity index (χ3n) is 12.4. The first-order chi connectivity index (χ1) is 30.2. The van der Waals surface area contributed by atoms with E-state index in [0.717, 1.165) is 43.5 Å². The largest absolute Gasteiger partial charge is 0.469 e. The number of ether oxygens (including phenoxy) is 1. The zero-order valence-electron chi connectivity index (χ0n) is 35.2. The highest BCUT2D eigenvalue weighted by Gasteiger charge is 2.39. The lowest BCUT2D eigenvalue weighted by atomic mass is 9.94. The normalized spacial score (nSPS) is 17.4. The third-order valence-corrected chi connectivity index (χ3v) is 12.4. The number of rotatable bonds is 14. The Morgan fingerprint density at radius 3 is 1.66 bits per heavy atom. The highest BCUT2D eigenvalue weighted by Crippen LogP contribution is 2.38. The number of likely N-dealkylation sites (N-methyl/N-ethyl adjacent to an activating group) is 1. The summed E-state index contributed by atoms with van der Waals surface area (Å²) in [5.74, 6) is -1.23. The number of esters is 1. The Hall–Kier alpha value is -6.47. The van der Waals surface area contributed by atoms with Crippen LogP contribution in [-0.4, -0.2) is 85.7 Å². The van der Waals surface area contributed by atoms with Crippen LogP contribution in [0.5, 0.6) is 0 Å². The number of H-pyrrole nitrogens is 2. The first-order valence-corrected chi connectivity index (χ1v) is 21.4. The van der Waals surface area contributed by atoms with E-state index in [4.69, 9.17) is 4.74 Å². The summed E-state index contributed by atoms with van der Waals surface area (Å²) in [6, 6.07) is 27.5. The molecule has 0 radical (unpaired) electrons. The molecule has 0 spiro atoms. The van der Waals surface area contributed by atoms with Crippen LogP contribution in [0.3, 0.4) is 0 Å². The van der Waals surface area contributed by atoms with E-state index in [2.05, 4.69) is 38.7 Å². The van der Waals surface area contributed by atoms with E-state index >= 15 is 8.78 Å². The summed E-state index contributed by atoms with van der Waals surface area (Å²) in [6.07, 6.45) is 6.06. The Bertz CT molecular complexity index is 2520. The van der Waals surface area contributed by atoms with Gasteiger partial charge in [0.05, 0.1) is 55.3 Å². The number of aromatic amines is 2. The van der Waals surface area contributed by atoms with E-state index in [9.17, 15) is 14.4 Å². The van der Waals surface area contributed by atoms with Gasteiger partial charge in [0.15, 0.2) is 0 Å². The molecule has 4 atom stereocenters. The van der Waals surface area contributed by atoms with Gasteiger partial charge < -0.3 is 24.5 Å². The second kappa shape index (κ2) is 18.7. The Morgan fingerprint density at radius 2 is 1.19 bits per heavy atom. The zero-order valence-corrected chi connectivity index (χ0v) is 35.2. The van der Waals surface area contributed by atoms with Crippen LogP contribution in [0.1, 0.15) is 92.8 Å². The van der Waals surface area contributed by atoms with Crippen molar-refractivity contribution in [2.45, 2.75) is 70.0 Å². The molecular formula is C49H51F2N7O4. The average molecular weight is 840 g/mol. The average Bonchev–Trinajstić information content (AvgIpc) is 4.15. The highest BCUT2D eigenvalue weighted by atomic mass is 19.1. The van der Waals surface area contributed by atoms with Crippen molar-refractivity contribution in [3.05, 3.63) is 144 Å². The molecule has 4 heterocycles. The molecule has 11 nitrogen and oxygen atoms in total. The van der Waals surface area contributed by atoms with Crippen molar-refractivity contribution in [3.63, 3.8) is 0 Å². The Balaban J connectivity index is 0.968. The lowest BCUT2D eigenvalue weighted by Crippen LogP contribution is -2.43. The number of carbonyl (C=O) groups is 3. The molecule has 4 aromatic carbocycles. The van der Waals surface area contributed by atoms with Crippen molar-refractivity contribution >= 4 is 17.8 Å². The number of methoxy groups -OCH3 is 1. The third kappa shape index (κ3) is 8.54. The van der Waals surface area contributed by atoms with Crippen molar-refractivity contribution in [2.24, 2.45) is 0 Å². The molecule has 2 N–H and O–H groups in total. The van der Waals surface area contributed by atoms with Gasteiger partial charge >= 0.3 is 5.97 Å². The second-order valence-corrected chi connectivity index (χ2v) is 15.9. The Morgan fingerprint density at radius 1 is 0.710 bits per heavy atom. The summed E-state index contributed by atoms with van der Waals surface area (Å²) in [5.41, 5.74) is 4.20. The number of likely N-dealkylation sites (tertiary alicyclic amines) is 2. The van der Waals surface area contributed by atoms with Gasteiger partial charge in [-0.25, -0.2) is 18.7 Å². The monoisotopic (exact) mass is 839 g/mol. The molecule has 8 rings (SSSR count). The number of amides is 2. The highest BCUT2D eigenvalue weighted by molar-refractivity contribution is 5.89. The van der Waals surface area contributed by atoms with Crippen molar-refractivity contribution in [3.8, 4) is 33.6 Å².